The van der Waals surface area contributed by atoms with Crippen LogP contribution in [0.4, 0.5) is 0 Å². The Morgan fingerprint density at radius 1 is 1.20 bits per heavy atom. The SMILES string of the molecule is OC[N+]12CCCC1CCC2. The second kappa shape index (κ2) is 2.21. The van der Waals surface area contributed by atoms with Gasteiger partial charge in [-0.15, -0.1) is 0 Å². The lowest BCUT2D eigenvalue weighted by molar-refractivity contribution is -0.944. The van der Waals surface area contributed by atoms with Crippen LogP contribution < -0.4 is 0 Å². The van der Waals surface area contributed by atoms with Gasteiger partial charge in [0.1, 0.15) is 0 Å². The first-order chi connectivity index (χ1) is 4.87. The highest BCUT2D eigenvalue weighted by molar-refractivity contribution is 4.72. The van der Waals surface area contributed by atoms with Gasteiger partial charge in [0.05, 0.1) is 19.1 Å². The highest BCUT2D eigenvalue weighted by Crippen LogP contribution is 2.35. The summed E-state index contributed by atoms with van der Waals surface area (Å²) in [6.07, 6.45) is 5.40. The van der Waals surface area contributed by atoms with Crippen molar-refractivity contribution in [1.82, 2.24) is 0 Å². The molecule has 0 bridgehead atoms. The molecule has 2 aliphatic heterocycles. The van der Waals surface area contributed by atoms with Gasteiger partial charge in [-0.3, -0.25) is 4.48 Å². The molecule has 0 aliphatic carbocycles. The van der Waals surface area contributed by atoms with Gasteiger partial charge < -0.3 is 5.11 Å². The van der Waals surface area contributed by atoms with Crippen molar-refractivity contribution < 1.29 is 9.59 Å². The van der Waals surface area contributed by atoms with Crippen LogP contribution >= 0.6 is 0 Å². The summed E-state index contributed by atoms with van der Waals surface area (Å²) in [7, 11) is 0. The molecule has 2 saturated heterocycles. The number of hydrogen-bond donors (Lipinski definition) is 1. The normalized spacial score (nSPS) is 45.9. The van der Waals surface area contributed by atoms with Gasteiger partial charge in [-0.1, -0.05) is 0 Å². The first-order valence-corrected chi connectivity index (χ1v) is 4.34. The van der Waals surface area contributed by atoms with E-state index in [2.05, 4.69) is 0 Å². The Bertz CT molecular complexity index is 125. The lowest BCUT2D eigenvalue weighted by atomic mass is 10.2. The molecule has 2 heteroatoms. The quantitative estimate of drug-likeness (QED) is 0.535. The molecule has 1 N–H and O–H groups in total. The maximum atomic E-state index is 9.20. The average molecular weight is 142 g/mol. The molecule has 0 amide bonds. The fourth-order valence-electron chi connectivity index (χ4n) is 2.71. The van der Waals surface area contributed by atoms with E-state index in [1.807, 2.05) is 0 Å². The van der Waals surface area contributed by atoms with Gasteiger partial charge in [-0.2, -0.15) is 0 Å². The summed E-state index contributed by atoms with van der Waals surface area (Å²) in [5.41, 5.74) is 0. The molecule has 2 nitrogen and oxygen atoms in total. The number of aliphatic hydroxyl groups is 1. The molecular weight excluding hydrogens is 126 g/mol. The summed E-state index contributed by atoms with van der Waals surface area (Å²) >= 11 is 0. The van der Waals surface area contributed by atoms with Gasteiger partial charge >= 0.3 is 0 Å². The van der Waals surface area contributed by atoms with Crippen molar-refractivity contribution in [3.05, 3.63) is 0 Å². The fraction of sp³-hybridized carbons (Fsp3) is 1.00. The number of aliphatic hydroxyl groups excluding tert-OH is 1. The maximum Gasteiger partial charge on any atom is 0.180 e. The Kier molecular flexibility index (Phi) is 1.46. The smallest absolute Gasteiger partial charge is 0.180 e. The summed E-state index contributed by atoms with van der Waals surface area (Å²) < 4.78 is 1.04. The summed E-state index contributed by atoms with van der Waals surface area (Å²) in [4.78, 5) is 0. The van der Waals surface area contributed by atoms with Crippen molar-refractivity contribution in [3.8, 4) is 0 Å². The van der Waals surface area contributed by atoms with Crippen molar-refractivity contribution in [1.29, 1.82) is 0 Å². The van der Waals surface area contributed by atoms with Gasteiger partial charge in [0, 0.05) is 25.7 Å². The average Bonchev–Trinajstić information content (AvgIpc) is 2.42. The van der Waals surface area contributed by atoms with E-state index in [0.29, 0.717) is 6.73 Å². The monoisotopic (exact) mass is 142 g/mol. The van der Waals surface area contributed by atoms with E-state index < -0.39 is 0 Å². The Labute approximate surface area is 62.0 Å². The second-order valence-electron chi connectivity index (χ2n) is 3.75. The summed E-state index contributed by atoms with van der Waals surface area (Å²) in [5.74, 6) is 0. The Balaban J connectivity index is 2.15. The largest absolute Gasteiger partial charge is 0.347 e. The van der Waals surface area contributed by atoms with Crippen LogP contribution in [0, 0.1) is 0 Å². The molecule has 0 aromatic rings. The molecular formula is C8H16NO+. The van der Waals surface area contributed by atoms with Crippen molar-refractivity contribution in [2.75, 3.05) is 19.8 Å². The van der Waals surface area contributed by atoms with E-state index in [1.54, 1.807) is 0 Å². The van der Waals surface area contributed by atoms with Crippen LogP contribution in [-0.4, -0.2) is 35.5 Å². The lowest BCUT2D eigenvalue weighted by Crippen LogP contribution is -2.48. The van der Waals surface area contributed by atoms with Gasteiger partial charge in [-0.05, 0) is 0 Å². The van der Waals surface area contributed by atoms with Crippen LogP contribution in [0.2, 0.25) is 0 Å². The molecule has 0 aromatic carbocycles. The molecule has 2 rings (SSSR count). The zero-order valence-electron chi connectivity index (χ0n) is 6.42. The molecule has 0 spiro atoms. The molecule has 0 radical (unpaired) electrons. The number of hydrogen-bond acceptors (Lipinski definition) is 1. The molecule has 0 unspecified atom stereocenters. The number of nitrogens with zero attached hydrogens (tertiary/aromatic N) is 1. The fourth-order valence-corrected chi connectivity index (χ4v) is 2.71. The molecule has 2 aliphatic rings. The first-order valence-electron chi connectivity index (χ1n) is 4.34. The minimum Gasteiger partial charge on any atom is -0.347 e. The van der Waals surface area contributed by atoms with Gasteiger partial charge in [0.2, 0.25) is 0 Å². The van der Waals surface area contributed by atoms with E-state index in [9.17, 15) is 5.11 Å². The van der Waals surface area contributed by atoms with Crippen LogP contribution in [0.5, 0.6) is 0 Å². The predicted molar refractivity (Wildman–Crippen MR) is 39.3 cm³/mol. The molecule has 0 atom stereocenters. The third-order valence-electron chi connectivity index (χ3n) is 3.34. The third-order valence-corrected chi connectivity index (χ3v) is 3.34. The number of rotatable bonds is 1. The van der Waals surface area contributed by atoms with Crippen molar-refractivity contribution in [3.63, 3.8) is 0 Å². The summed E-state index contributed by atoms with van der Waals surface area (Å²) in [6.45, 7) is 2.87. The highest BCUT2D eigenvalue weighted by Gasteiger charge is 2.44. The van der Waals surface area contributed by atoms with Crippen LogP contribution in [-0.2, 0) is 0 Å². The Hall–Kier alpha value is -0.0800. The third kappa shape index (κ3) is 0.722. The summed E-state index contributed by atoms with van der Waals surface area (Å²) in [6, 6.07) is 0.824. The molecule has 2 fully saturated rings. The van der Waals surface area contributed by atoms with Crippen molar-refractivity contribution >= 4 is 0 Å². The zero-order chi connectivity index (χ0) is 7.03. The molecule has 10 heavy (non-hydrogen) atoms. The topological polar surface area (TPSA) is 20.2 Å². The Morgan fingerprint density at radius 3 is 2.20 bits per heavy atom. The standard InChI is InChI=1S/C8H16NO/c10-7-9-5-1-3-8(9)4-2-6-9/h8,10H,1-7H2/q+1. The second-order valence-corrected chi connectivity index (χ2v) is 3.75. The van der Waals surface area contributed by atoms with Crippen molar-refractivity contribution in [2.24, 2.45) is 0 Å². The van der Waals surface area contributed by atoms with Crippen LogP contribution in [0.1, 0.15) is 25.7 Å². The van der Waals surface area contributed by atoms with E-state index in [4.69, 9.17) is 0 Å². The number of fused-ring (bicyclic) bond motifs is 1. The molecule has 58 valence electrons. The van der Waals surface area contributed by atoms with E-state index in [-0.39, 0.29) is 0 Å². The van der Waals surface area contributed by atoms with Crippen LogP contribution in [0.3, 0.4) is 0 Å². The molecule has 0 saturated carbocycles. The minimum absolute atomic E-state index is 0.394. The summed E-state index contributed by atoms with van der Waals surface area (Å²) in [5, 5.41) is 9.20. The van der Waals surface area contributed by atoms with Gasteiger partial charge in [0.15, 0.2) is 6.73 Å². The van der Waals surface area contributed by atoms with E-state index in [1.165, 1.54) is 38.8 Å². The van der Waals surface area contributed by atoms with Crippen LogP contribution in [0.15, 0.2) is 0 Å². The van der Waals surface area contributed by atoms with Gasteiger partial charge in [-0.25, -0.2) is 0 Å². The van der Waals surface area contributed by atoms with Crippen molar-refractivity contribution in [2.45, 2.75) is 31.7 Å². The lowest BCUT2D eigenvalue weighted by Gasteiger charge is -2.31. The maximum absolute atomic E-state index is 9.20. The Morgan fingerprint density at radius 2 is 1.80 bits per heavy atom. The zero-order valence-corrected chi connectivity index (χ0v) is 6.42. The molecule has 0 aromatic heterocycles. The van der Waals surface area contributed by atoms with E-state index >= 15 is 0 Å². The predicted octanol–water partition coefficient (Wildman–Crippen LogP) is 0.709. The first kappa shape index (κ1) is 6.62. The number of quaternary nitrogens is 1. The highest BCUT2D eigenvalue weighted by atomic mass is 16.3. The van der Waals surface area contributed by atoms with E-state index in [0.717, 1.165) is 10.5 Å². The van der Waals surface area contributed by atoms with Gasteiger partial charge in [0.25, 0.3) is 0 Å². The minimum atomic E-state index is 0.394. The van der Waals surface area contributed by atoms with Crippen LogP contribution in [0.25, 0.3) is 0 Å². The molecule has 2 heterocycles.